The van der Waals surface area contributed by atoms with Gasteiger partial charge in [-0.15, -0.1) is 11.6 Å². The summed E-state index contributed by atoms with van der Waals surface area (Å²) in [5.41, 5.74) is 9.61. The highest BCUT2D eigenvalue weighted by molar-refractivity contribution is 6.30. The Bertz CT molecular complexity index is 433. The summed E-state index contributed by atoms with van der Waals surface area (Å²) in [7, 11) is 0. The summed E-state index contributed by atoms with van der Waals surface area (Å²) in [6.07, 6.45) is 3.57. The van der Waals surface area contributed by atoms with Crippen LogP contribution in [0.2, 0.25) is 0 Å². The lowest BCUT2D eigenvalue weighted by atomic mass is 10.1. The lowest BCUT2D eigenvalue weighted by Crippen LogP contribution is -1.99. The first-order valence-electron chi connectivity index (χ1n) is 4.64. The normalized spacial score (nSPS) is 10.1. The van der Waals surface area contributed by atoms with Crippen molar-refractivity contribution < 1.29 is 4.79 Å². The quantitative estimate of drug-likeness (QED) is 0.253. The first-order valence-corrected chi connectivity index (χ1v) is 5.18. The largest absolute Gasteiger partial charge is 0.293 e. The number of azide groups is 1. The standard InChI is InChI=1S/C11H10ClN3O/c12-8-11(16)10-5-3-9(4-6-10)2-1-7-14-15-13/h1-6H,7-8H2. The lowest BCUT2D eigenvalue weighted by molar-refractivity contribution is 0.102. The number of Topliss-reactive ketones (excluding diaryl/α,β-unsaturated/α-hetero) is 1. The van der Waals surface area contributed by atoms with Crippen molar-refractivity contribution in [3.8, 4) is 0 Å². The van der Waals surface area contributed by atoms with E-state index < -0.39 is 0 Å². The molecule has 1 aromatic carbocycles. The molecule has 0 heterocycles. The van der Waals surface area contributed by atoms with Gasteiger partial charge in [-0.25, -0.2) is 0 Å². The second kappa shape index (κ2) is 6.67. The molecule has 0 aromatic heterocycles. The van der Waals surface area contributed by atoms with E-state index in [0.717, 1.165) is 5.56 Å². The predicted molar refractivity (Wildman–Crippen MR) is 64.5 cm³/mol. The minimum absolute atomic E-state index is 0.00787. The minimum atomic E-state index is -0.0914. The molecule has 0 N–H and O–H groups in total. The number of alkyl halides is 1. The third-order valence-electron chi connectivity index (χ3n) is 1.91. The smallest absolute Gasteiger partial charge is 0.177 e. The van der Waals surface area contributed by atoms with Crippen LogP contribution in [0, 0.1) is 0 Å². The molecule has 0 spiro atoms. The number of carbonyl (C=O) groups is 1. The molecule has 0 aliphatic heterocycles. The van der Waals surface area contributed by atoms with Gasteiger partial charge in [0.25, 0.3) is 0 Å². The number of nitrogens with zero attached hydrogens (tertiary/aromatic N) is 3. The van der Waals surface area contributed by atoms with E-state index in [0.29, 0.717) is 12.1 Å². The van der Waals surface area contributed by atoms with E-state index in [1.165, 1.54) is 0 Å². The van der Waals surface area contributed by atoms with Crippen LogP contribution < -0.4 is 0 Å². The molecule has 82 valence electrons. The average Bonchev–Trinajstić information content (AvgIpc) is 2.34. The van der Waals surface area contributed by atoms with Crippen LogP contribution >= 0.6 is 11.6 Å². The van der Waals surface area contributed by atoms with Gasteiger partial charge in [-0.2, -0.15) is 0 Å². The van der Waals surface area contributed by atoms with Crippen molar-refractivity contribution in [1.29, 1.82) is 0 Å². The Morgan fingerprint density at radius 1 is 1.44 bits per heavy atom. The third-order valence-corrected chi connectivity index (χ3v) is 2.16. The molecule has 0 atom stereocenters. The molecule has 0 bridgehead atoms. The van der Waals surface area contributed by atoms with Gasteiger partial charge in [0.05, 0.1) is 5.88 Å². The van der Waals surface area contributed by atoms with Crippen molar-refractivity contribution in [2.45, 2.75) is 0 Å². The van der Waals surface area contributed by atoms with Gasteiger partial charge in [-0.1, -0.05) is 41.5 Å². The van der Waals surface area contributed by atoms with E-state index in [2.05, 4.69) is 10.0 Å². The first kappa shape index (κ1) is 12.3. The van der Waals surface area contributed by atoms with Gasteiger partial charge in [-0.05, 0) is 11.1 Å². The Hall–Kier alpha value is -1.77. The third kappa shape index (κ3) is 3.77. The van der Waals surface area contributed by atoms with Gasteiger partial charge >= 0.3 is 0 Å². The molecule has 0 unspecified atom stereocenters. The van der Waals surface area contributed by atoms with E-state index in [9.17, 15) is 4.79 Å². The van der Waals surface area contributed by atoms with Crippen LogP contribution in [-0.4, -0.2) is 18.2 Å². The fraction of sp³-hybridized carbons (Fsp3) is 0.182. The first-order chi connectivity index (χ1) is 7.77. The van der Waals surface area contributed by atoms with E-state index in [4.69, 9.17) is 17.1 Å². The minimum Gasteiger partial charge on any atom is -0.293 e. The second-order valence-electron chi connectivity index (χ2n) is 2.99. The number of halogens is 1. The molecule has 0 aliphatic carbocycles. The van der Waals surface area contributed by atoms with E-state index in [1.54, 1.807) is 18.2 Å². The monoisotopic (exact) mass is 235 g/mol. The van der Waals surface area contributed by atoms with Gasteiger partial charge in [0.2, 0.25) is 0 Å². The summed E-state index contributed by atoms with van der Waals surface area (Å²) in [5.74, 6) is -0.0993. The van der Waals surface area contributed by atoms with E-state index >= 15 is 0 Å². The number of carbonyl (C=O) groups excluding carboxylic acids is 1. The summed E-state index contributed by atoms with van der Waals surface area (Å²) >= 11 is 5.43. The van der Waals surface area contributed by atoms with Crippen LogP contribution in [0.1, 0.15) is 15.9 Å². The highest BCUT2D eigenvalue weighted by Gasteiger charge is 2.01. The van der Waals surface area contributed by atoms with Crippen LogP contribution in [-0.2, 0) is 0 Å². The van der Waals surface area contributed by atoms with Crippen LogP contribution in [0.15, 0.2) is 35.5 Å². The van der Waals surface area contributed by atoms with E-state index in [1.807, 2.05) is 18.2 Å². The Morgan fingerprint density at radius 3 is 2.69 bits per heavy atom. The molecule has 5 heteroatoms. The van der Waals surface area contributed by atoms with Gasteiger partial charge in [0, 0.05) is 17.0 Å². The van der Waals surface area contributed by atoms with Gasteiger partial charge < -0.3 is 0 Å². The average molecular weight is 236 g/mol. The molecular formula is C11H10ClN3O. The predicted octanol–water partition coefficient (Wildman–Crippen LogP) is 3.43. The Labute approximate surface area is 98.2 Å². The molecule has 0 saturated heterocycles. The molecule has 16 heavy (non-hydrogen) atoms. The summed E-state index contributed by atoms with van der Waals surface area (Å²) in [5, 5.41) is 3.37. The number of hydrogen-bond acceptors (Lipinski definition) is 2. The van der Waals surface area contributed by atoms with Gasteiger partial charge in [-0.3, -0.25) is 4.79 Å². The van der Waals surface area contributed by atoms with E-state index in [-0.39, 0.29) is 11.7 Å². The van der Waals surface area contributed by atoms with Crippen molar-refractivity contribution in [3.05, 3.63) is 51.9 Å². The van der Waals surface area contributed by atoms with Crippen molar-refractivity contribution in [1.82, 2.24) is 0 Å². The molecular weight excluding hydrogens is 226 g/mol. The van der Waals surface area contributed by atoms with Crippen LogP contribution in [0.4, 0.5) is 0 Å². The topological polar surface area (TPSA) is 65.8 Å². The maximum atomic E-state index is 11.2. The summed E-state index contributed by atoms with van der Waals surface area (Å²) < 4.78 is 0. The van der Waals surface area contributed by atoms with Crippen molar-refractivity contribution in [2.24, 2.45) is 5.11 Å². The molecule has 1 rings (SSSR count). The number of rotatable bonds is 5. The zero-order valence-electron chi connectivity index (χ0n) is 8.51. The zero-order valence-corrected chi connectivity index (χ0v) is 9.26. The lowest BCUT2D eigenvalue weighted by Gasteiger charge is -1.97. The van der Waals surface area contributed by atoms with Crippen molar-refractivity contribution >= 4 is 23.5 Å². The van der Waals surface area contributed by atoms with Crippen molar-refractivity contribution in [2.75, 3.05) is 12.4 Å². The van der Waals surface area contributed by atoms with Crippen molar-refractivity contribution in [3.63, 3.8) is 0 Å². The molecule has 0 fully saturated rings. The molecule has 0 saturated carbocycles. The highest BCUT2D eigenvalue weighted by Crippen LogP contribution is 2.07. The Kier molecular flexibility index (Phi) is 5.12. The zero-order chi connectivity index (χ0) is 11.8. The van der Waals surface area contributed by atoms with Gasteiger partial charge in [0.15, 0.2) is 5.78 Å². The maximum absolute atomic E-state index is 11.2. The summed E-state index contributed by atoms with van der Waals surface area (Å²) in [4.78, 5) is 13.8. The molecule has 1 aromatic rings. The highest BCUT2D eigenvalue weighted by atomic mass is 35.5. The number of benzene rings is 1. The number of hydrogen-bond donors (Lipinski definition) is 0. The fourth-order valence-corrected chi connectivity index (χ4v) is 1.28. The molecule has 0 radical (unpaired) electrons. The molecule has 4 nitrogen and oxygen atoms in total. The van der Waals surface area contributed by atoms with Crippen LogP contribution in [0.3, 0.4) is 0 Å². The summed E-state index contributed by atoms with van der Waals surface area (Å²) in [6.45, 7) is 0.318. The Morgan fingerprint density at radius 2 is 2.12 bits per heavy atom. The number of ketones is 1. The maximum Gasteiger partial charge on any atom is 0.177 e. The van der Waals surface area contributed by atoms with Gasteiger partial charge in [0.1, 0.15) is 0 Å². The summed E-state index contributed by atoms with van der Waals surface area (Å²) in [6, 6.07) is 7.06. The van der Waals surface area contributed by atoms with Crippen LogP contribution in [0.25, 0.3) is 16.5 Å². The SMILES string of the molecule is [N-]=[N+]=NCC=Cc1ccc(C(=O)CCl)cc1. The molecule has 0 amide bonds. The molecule has 0 aliphatic rings. The Balaban J connectivity index is 2.67. The van der Waals surface area contributed by atoms with Crippen LogP contribution in [0.5, 0.6) is 0 Å². The fourth-order valence-electron chi connectivity index (χ4n) is 1.13. The second-order valence-corrected chi connectivity index (χ2v) is 3.26.